The van der Waals surface area contributed by atoms with Gasteiger partial charge in [-0.3, -0.25) is 4.79 Å². The maximum absolute atomic E-state index is 14.0. The second kappa shape index (κ2) is 8.03. The van der Waals surface area contributed by atoms with Crippen molar-refractivity contribution in [2.75, 3.05) is 12.3 Å². The number of halogens is 3. The molecule has 1 aliphatic heterocycles. The van der Waals surface area contributed by atoms with Gasteiger partial charge in [-0.05, 0) is 75.6 Å². The fraction of sp³-hybridized carbons (Fsp3) is 0.458. The predicted octanol–water partition coefficient (Wildman–Crippen LogP) is 4.12. The lowest BCUT2D eigenvalue weighted by Crippen LogP contribution is -2.41. The molecule has 3 atom stereocenters. The average Bonchev–Trinajstić information content (AvgIpc) is 3.48. The third kappa shape index (κ3) is 4.02. The number of aromatic nitrogens is 5. The van der Waals surface area contributed by atoms with E-state index in [9.17, 15) is 18.0 Å². The minimum Gasteiger partial charge on any atom is -0.383 e. The van der Waals surface area contributed by atoms with E-state index in [0.29, 0.717) is 35.7 Å². The minimum absolute atomic E-state index is 0.0156. The van der Waals surface area contributed by atoms with E-state index in [0.717, 1.165) is 12.6 Å². The topological polar surface area (TPSA) is 103 Å². The third-order valence-electron chi connectivity index (χ3n) is 7.16. The summed E-state index contributed by atoms with van der Waals surface area (Å²) in [4.78, 5) is 25.1. The van der Waals surface area contributed by atoms with Gasteiger partial charge in [-0.1, -0.05) is 0 Å². The first kappa shape index (κ1) is 23.3. The van der Waals surface area contributed by atoms with Crippen molar-refractivity contribution in [1.29, 1.82) is 0 Å². The van der Waals surface area contributed by atoms with Crippen molar-refractivity contribution < 1.29 is 18.0 Å². The van der Waals surface area contributed by atoms with Gasteiger partial charge in [-0.2, -0.15) is 23.4 Å². The summed E-state index contributed by atoms with van der Waals surface area (Å²) >= 11 is 0. The third-order valence-corrected chi connectivity index (χ3v) is 7.16. The lowest BCUT2D eigenvalue weighted by atomic mass is 9.89. The van der Waals surface area contributed by atoms with Crippen molar-refractivity contribution in [3.8, 4) is 5.69 Å². The van der Waals surface area contributed by atoms with Gasteiger partial charge in [0, 0.05) is 18.4 Å². The summed E-state index contributed by atoms with van der Waals surface area (Å²) in [5.41, 5.74) is 7.86. The first-order valence-corrected chi connectivity index (χ1v) is 11.5. The van der Waals surface area contributed by atoms with E-state index < -0.39 is 23.7 Å². The lowest BCUT2D eigenvalue weighted by molar-refractivity contribution is -0.139. The molecular formula is C24H26F3N7O. The van der Waals surface area contributed by atoms with Crippen molar-refractivity contribution in [2.45, 2.75) is 52.8 Å². The molecule has 2 fully saturated rings. The molecule has 1 amide bonds. The summed E-state index contributed by atoms with van der Waals surface area (Å²) < 4.78 is 42.1. The van der Waals surface area contributed by atoms with Crippen LogP contribution in [0.3, 0.4) is 0 Å². The van der Waals surface area contributed by atoms with Crippen molar-refractivity contribution in [3.63, 3.8) is 0 Å². The van der Waals surface area contributed by atoms with Crippen molar-refractivity contribution in [3.05, 3.63) is 57.8 Å². The van der Waals surface area contributed by atoms with E-state index >= 15 is 0 Å². The summed E-state index contributed by atoms with van der Waals surface area (Å²) in [5.74, 6) is 0.125. The Morgan fingerprint density at radius 2 is 1.74 bits per heavy atom. The molecule has 8 nitrogen and oxygen atoms in total. The summed E-state index contributed by atoms with van der Waals surface area (Å²) in [5, 5.41) is 8.78. The van der Waals surface area contributed by atoms with Crippen LogP contribution < -0.4 is 5.73 Å². The summed E-state index contributed by atoms with van der Waals surface area (Å²) in [6, 6.07) is 2.67. The van der Waals surface area contributed by atoms with Crippen LogP contribution in [0, 0.1) is 39.5 Å². The SMILES string of the molecule is Cc1ccc(-n2nc(C)c(C)n2)c(C(=O)N2CC3CC3CC2c2c(C(F)(F)F)cnc(N)c2C)n1. The molecule has 2 N–H and O–H groups in total. The quantitative estimate of drug-likeness (QED) is 0.599. The molecule has 3 unspecified atom stereocenters. The standard InChI is InChI=1S/C24H26F3N7O/c1-11-5-6-18(34-31-13(3)14(4)32-34)21(30-11)23(35)33-10-16-7-15(16)8-19(33)20-12(2)22(28)29-9-17(20)24(25,26)27/h5-6,9,15-16,19H,7-8,10H2,1-4H3,(H2,28,29). The fourth-order valence-corrected chi connectivity index (χ4v) is 4.97. The number of nitrogens with two attached hydrogens (primary N) is 1. The van der Waals surface area contributed by atoms with Gasteiger partial charge in [0.05, 0.1) is 23.0 Å². The Balaban J connectivity index is 1.64. The maximum Gasteiger partial charge on any atom is 0.418 e. The van der Waals surface area contributed by atoms with Gasteiger partial charge in [0.1, 0.15) is 11.5 Å². The highest BCUT2D eigenvalue weighted by molar-refractivity contribution is 5.96. The van der Waals surface area contributed by atoms with E-state index in [-0.39, 0.29) is 34.5 Å². The van der Waals surface area contributed by atoms with Crippen molar-refractivity contribution >= 4 is 11.7 Å². The molecule has 3 aromatic rings. The highest BCUT2D eigenvalue weighted by Gasteiger charge is 2.50. The molecule has 1 saturated carbocycles. The molecule has 0 bridgehead atoms. The number of aryl methyl sites for hydroxylation is 3. The van der Waals surface area contributed by atoms with E-state index in [1.165, 1.54) is 16.6 Å². The summed E-state index contributed by atoms with van der Waals surface area (Å²) in [7, 11) is 0. The second-order valence-corrected chi connectivity index (χ2v) is 9.54. The maximum atomic E-state index is 14.0. The Hall–Kier alpha value is -3.50. The van der Waals surface area contributed by atoms with Crippen LogP contribution in [-0.4, -0.2) is 42.3 Å². The average molecular weight is 486 g/mol. The first-order chi connectivity index (χ1) is 16.5. The van der Waals surface area contributed by atoms with Crippen LogP contribution in [0.25, 0.3) is 5.69 Å². The Labute approximate surface area is 200 Å². The van der Waals surface area contributed by atoms with Gasteiger partial charge in [0.2, 0.25) is 0 Å². The lowest BCUT2D eigenvalue weighted by Gasteiger charge is -2.38. The number of nitrogen functional groups attached to an aromatic ring is 1. The van der Waals surface area contributed by atoms with Crippen LogP contribution in [0.1, 0.15) is 63.1 Å². The van der Waals surface area contributed by atoms with Gasteiger partial charge in [0.25, 0.3) is 5.91 Å². The summed E-state index contributed by atoms with van der Waals surface area (Å²) in [6.45, 7) is 7.26. The molecule has 1 aliphatic carbocycles. The molecule has 4 heterocycles. The predicted molar refractivity (Wildman–Crippen MR) is 122 cm³/mol. The van der Waals surface area contributed by atoms with Crippen LogP contribution in [0.4, 0.5) is 19.0 Å². The van der Waals surface area contributed by atoms with Crippen LogP contribution in [0.15, 0.2) is 18.3 Å². The number of anilines is 1. The normalized spacial score (nSPS) is 21.7. The molecule has 0 radical (unpaired) electrons. The number of amides is 1. The number of rotatable bonds is 3. The molecule has 0 spiro atoms. The van der Waals surface area contributed by atoms with Crippen LogP contribution in [0.5, 0.6) is 0 Å². The number of pyridine rings is 2. The monoisotopic (exact) mass is 485 g/mol. The number of hydrogen-bond donors (Lipinski definition) is 1. The van der Waals surface area contributed by atoms with E-state index in [2.05, 4.69) is 20.2 Å². The van der Waals surface area contributed by atoms with E-state index in [1.807, 2.05) is 13.8 Å². The van der Waals surface area contributed by atoms with E-state index in [1.54, 1.807) is 19.1 Å². The molecule has 11 heteroatoms. The minimum atomic E-state index is -4.63. The highest BCUT2D eigenvalue weighted by Crippen LogP contribution is 2.53. The number of alkyl halides is 3. The number of piperidine rings is 1. The number of carbonyl (C=O) groups excluding carboxylic acids is 1. The Kier molecular flexibility index (Phi) is 5.33. The van der Waals surface area contributed by atoms with Crippen LogP contribution >= 0.6 is 0 Å². The number of likely N-dealkylation sites (tertiary alicyclic amines) is 1. The number of fused-ring (bicyclic) bond motifs is 1. The Morgan fingerprint density at radius 3 is 2.40 bits per heavy atom. The molecule has 1 saturated heterocycles. The van der Waals surface area contributed by atoms with Crippen molar-refractivity contribution in [2.24, 2.45) is 11.8 Å². The largest absolute Gasteiger partial charge is 0.418 e. The van der Waals surface area contributed by atoms with Gasteiger partial charge in [-0.15, -0.1) is 4.80 Å². The number of hydrogen-bond acceptors (Lipinski definition) is 6. The van der Waals surface area contributed by atoms with Crippen LogP contribution in [0.2, 0.25) is 0 Å². The molecule has 5 rings (SSSR count). The van der Waals surface area contributed by atoms with Crippen molar-refractivity contribution in [1.82, 2.24) is 29.9 Å². The fourth-order valence-electron chi connectivity index (χ4n) is 4.97. The molecular weight excluding hydrogens is 459 g/mol. The Bertz CT molecular complexity index is 1310. The van der Waals surface area contributed by atoms with Gasteiger partial charge in [0.15, 0.2) is 5.69 Å². The van der Waals surface area contributed by atoms with Gasteiger partial charge in [-0.25, -0.2) is 9.97 Å². The zero-order chi connectivity index (χ0) is 25.2. The highest BCUT2D eigenvalue weighted by atomic mass is 19.4. The second-order valence-electron chi connectivity index (χ2n) is 9.54. The van der Waals surface area contributed by atoms with Crippen LogP contribution in [-0.2, 0) is 6.18 Å². The smallest absolute Gasteiger partial charge is 0.383 e. The van der Waals surface area contributed by atoms with Gasteiger partial charge < -0.3 is 10.6 Å². The zero-order valence-corrected chi connectivity index (χ0v) is 19.9. The first-order valence-electron chi connectivity index (χ1n) is 11.5. The molecule has 0 aromatic carbocycles. The number of nitrogens with zero attached hydrogens (tertiary/aromatic N) is 6. The zero-order valence-electron chi connectivity index (χ0n) is 19.9. The molecule has 3 aromatic heterocycles. The molecule has 2 aliphatic rings. The number of carbonyl (C=O) groups is 1. The molecule has 35 heavy (non-hydrogen) atoms. The molecule has 184 valence electrons. The summed E-state index contributed by atoms with van der Waals surface area (Å²) in [6.07, 6.45) is -2.54. The van der Waals surface area contributed by atoms with Gasteiger partial charge >= 0.3 is 6.18 Å². The van der Waals surface area contributed by atoms with E-state index in [4.69, 9.17) is 5.73 Å². The Morgan fingerprint density at radius 1 is 1.06 bits per heavy atom.